The maximum atomic E-state index is 12.3. The van der Waals surface area contributed by atoms with Crippen LogP contribution in [-0.4, -0.2) is 30.3 Å². The van der Waals surface area contributed by atoms with Gasteiger partial charge in [-0.15, -0.1) is 0 Å². The molecule has 0 heterocycles. The summed E-state index contributed by atoms with van der Waals surface area (Å²) in [5, 5.41) is 0. The fourth-order valence-electron chi connectivity index (χ4n) is 2.15. The third-order valence-corrected chi connectivity index (χ3v) is 3.36. The second-order valence-electron chi connectivity index (χ2n) is 5.28. The molecule has 1 rings (SSSR count). The fraction of sp³-hybridized carbons (Fsp3) is 0.588. The molecule has 2 nitrogen and oxygen atoms in total. The first kappa shape index (κ1) is 15.9. The maximum Gasteiger partial charge on any atom is 0.176 e. The second-order valence-corrected chi connectivity index (χ2v) is 5.28. The summed E-state index contributed by atoms with van der Waals surface area (Å²) in [5.41, 5.74) is 2.00. The van der Waals surface area contributed by atoms with Gasteiger partial charge in [0.05, 0.1) is 6.54 Å². The number of carbonyl (C=O) groups is 1. The molecule has 0 atom stereocenters. The van der Waals surface area contributed by atoms with Crippen molar-refractivity contribution in [2.75, 3.05) is 19.6 Å². The molecule has 1 aromatic rings. The van der Waals surface area contributed by atoms with E-state index in [0.29, 0.717) is 6.54 Å². The largest absolute Gasteiger partial charge is 0.296 e. The molecule has 106 valence electrons. The molecule has 2 heteroatoms. The lowest BCUT2D eigenvalue weighted by atomic mass is 10.1. The summed E-state index contributed by atoms with van der Waals surface area (Å²) in [6.45, 7) is 9.05. The Hall–Kier alpha value is -1.15. The van der Waals surface area contributed by atoms with Crippen LogP contribution < -0.4 is 0 Å². The van der Waals surface area contributed by atoms with Crippen molar-refractivity contribution >= 4 is 5.78 Å². The van der Waals surface area contributed by atoms with Crippen molar-refractivity contribution in [1.29, 1.82) is 0 Å². The molecule has 0 bridgehead atoms. The van der Waals surface area contributed by atoms with Gasteiger partial charge in [-0.2, -0.15) is 0 Å². The van der Waals surface area contributed by atoms with E-state index in [1.165, 1.54) is 25.7 Å². The van der Waals surface area contributed by atoms with Crippen LogP contribution in [0.2, 0.25) is 0 Å². The first-order valence-electron chi connectivity index (χ1n) is 7.49. The van der Waals surface area contributed by atoms with Crippen molar-refractivity contribution in [3.8, 4) is 0 Å². The zero-order valence-electron chi connectivity index (χ0n) is 12.6. The van der Waals surface area contributed by atoms with E-state index in [-0.39, 0.29) is 5.78 Å². The van der Waals surface area contributed by atoms with Gasteiger partial charge in [0.15, 0.2) is 5.78 Å². The number of carbonyl (C=O) groups excluding carboxylic acids is 1. The van der Waals surface area contributed by atoms with E-state index in [9.17, 15) is 4.79 Å². The first-order chi connectivity index (χ1) is 9.17. The number of ketones is 1. The highest BCUT2D eigenvalue weighted by molar-refractivity contribution is 5.97. The highest BCUT2D eigenvalue weighted by Crippen LogP contribution is 2.07. The Morgan fingerprint density at radius 3 is 2.26 bits per heavy atom. The summed E-state index contributed by atoms with van der Waals surface area (Å²) in [6.07, 6.45) is 4.71. The van der Waals surface area contributed by atoms with Crippen LogP contribution in [0.25, 0.3) is 0 Å². The Kier molecular flexibility index (Phi) is 7.42. The van der Waals surface area contributed by atoms with Gasteiger partial charge in [-0.1, -0.05) is 50.5 Å². The van der Waals surface area contributed by atoms with Crippen LogP contribution in [0.1, 0.15) is 55.5 Å². The third-order valence-electron chi connectivity index (χ3n) is 3.36. The third kappa shape index (κ3) is 6.02. The molecule has 0 spiro atoms. The molecule has 0 saturated heterocycles. The maximum absolute atomic E-state index is 12.3. The average molecular weight is 261 g/mol. The minimum absolute atomic E-state index is 0.246. The molecule has 1 aromatic carbocycles. The summed E-state index contributed by atoms with van der Waals surface area (Å²) in [5.74, 6) is 0.246. The number of Topliss-reactive ketones (excluding diaryl/α,β-unsaturated/α-hetero) is 1. The molecule has 0 aliphatic carbocycles. The Morgan fingerprint density at radius 1 is 1.11 bits per heavy atom. The topological polar surface area (TPSA) is 20.3 Å². The van der Waals surface area contributed by atoms with E-state index >= 15 is 0 Å². The number of rotatable bonds is 9. The van der Waals surface area contributed by atoms with Crippen LogP contribution in [0.5, 0.6) is 0 Å². The minimum atomic E-state index is 0.246. The first-order valence-corrected chi connectivity index (χ1v) is 7.49. The number of aryl methyl sites for hydroxylation is 1. The van der Waals surface area contributed by atoms with Gasteiger partial charge in [-0.3, -0.25) is 9.69 Å². The Labute approximate surface area is 117 Å². The van der Waals surface area contributed by atoms with Crippen molar-refractivity contribution in [3.05, 3.63) is 35.4 Å². The standard InChI is InChI=1S/C17H27NO/c1-4-6-11-18(12-7-5-2)14-17(19)16-10-8-9-15(3)13-16/h8-10,13H,4-7,11-12,14H2,1-3H3. The van der Waals surface area contributed by atoms with Gasteiger partial charge in [0.25, 0.3) is 0 Å². The molecular formula is C17H27NO. The molecule has 0 saturated carbocycles. The zero-order chi connectivity index (χ0) is 14.1. The summed E-state index contributed by atoms with van der Waals surface area (Å²) in [6, 6.07) is 7.90. The molecule has 19 heavy (non-hydrogen) atoms. The fourth-order valence-corrected chi connectivity index (χ4v) is 2.15. The molecule has 0 aliphatic heterocycles. The number of hydrogen-bond acceptors (Lipinski definition) is 2. The highest BCUT2D eigenvalue weighted by Gasteiger charge is 2.11. The van der Waals surface area contributed by atoms with Crippen LogP contribution in [0.3, 0.4) is 0 Å². The number of unbranched alkanes of at least 4 members (excludes halogenated alkanes) is 2. The zero-order valence-corrected chi connectivity index (χ0v) is 12.6. The lowest BCUT2D eigenvalue weighted by Gasteiger charge is -2.21. The van der Waals surface area contributed by atoms with Crippen LogP contribution in [0.4, 0.5) is 0 Å². The van der Waals surface area contributed by atoms with Gasteiger partial charge >= 0.3 is 0 Å². The second kappa shape index (κ2) is 8.87. The average Bonchev–Trinajstić information content (AvgIpc) is 2.41. The van der Waals surface area contributed by atoms with Crippen LogP contribution in [-0.2, 0) is 0 Å². The number of nitrogens with zero attached hydrogens (tertiary/aromatic N) is 1. The SMILES string of the molecule is CCCCN(CCCC)CC(=O)c1cccc(C)c1. The molecule has 0 unspecified atom stereocenters. The van der Waals surface area contributed by atoms with E-state index in [2.05, 4.69) is 18.7 Å². The van der Waals surface area contributed by atoms with E-state index in [1.807, 2.05) is 31.2 Å². The Bertz CT molecular complexity index is 379. The van der Waals surface area contributed by atoms with E-state index in [0.717, 1.165) is 24.2 Å². The monoisotopic (exact) mass is 261 g/mol. The van der Waals surface area contributed by atoms with Crippen LogP contribution >= 0.6 is 0 Å². The predicted molar refractivity (Wildman–Crippen MR) is 81.8 cm³/mol. The van der Waals surface area contributed by atoms with Crippen molar-refractivity contribution in [3.63, 3.8) is 0 Å². The molecule has 0 amide bonds. The summed E-state index contributed by atoms with van der Waals surface area (Å²) in [7, 11) is 0. The quantitative estimate of drug-likeness (QED) is 0.624. The smallest absolute Gasteiger partial charge is 0.176 e. The van der Waals surface area contributed by atoms with Gasteiger partial charge in [0, 0.05) is 5.56 Å². The van der Waals surface area contributed by atoms with Crippen molar-refractivity contribution in [2.45, 2.75) is 46.5 Å². The van der Waals surface area contributed by atoms with E-state index < -0.39 is 0 Å². The molecule has 0 fully saturated rings. The summed E-state index contributed by atoms with van der Waals surface area (Å²) in [4.78, 5) is 14.6. The summed E-state index contributed by atoms with van der Waals surface area (Å²) >= 11 is 0. The summed E-state index contributed by atoms with van der Waals surface area (Å²) < 4.78 is 0. The number of hydrogen-bond donors (Lipinski definition) is 0. The van der Waals surface area contributed by atoms with E-state index in [1.54, 1.807) is 0 Å². The van der Waals surface area contributed by atoms with Gasteiger partial charge in [-0.05, 0) is 38.9 Å². The van der Waals surface area contributed by atoms with Crippen LogP contribution in [0, 0.1) is 6.92 Å². The normalized spacial score (nSPS) is 10.9. The van der Waals surface area contributed by atoms with Crippen molar-refractivity contribution in [2.24, 2.45) is 0 Å². The molecular weight excluding hydrogens is 234 g/mol. The van der Waals surface area contributed by atoms with Crippen molar-refractivity contribution < 1.29 is 4.79 Å². The molecule has 0 aliphatic rings. The highest BCUT2D eigenvalue weighted by atomic mass is 16.1. The van der Waals surface area contributed by atoms with Gasteiger partial charge < -0.3 is 0 Å². The van der Waals surface area contributed by atoms with Gasteiger partial charge in [0.2, 0.25) is 0 Å². The lowest BCUT2D eigenvalue weighted by Crippen LogP contribution is -2.31. The van der Waals surface area contributed by atoms with Gasteiger partial charge in [-0.25, -0.2) is 0 Å². The minimum Gasteiger partial charge on any atom is -0.296 e. The van der Waals surface area contributed by atoms with Crippen molar-refractivity contribution in [1.82, 2.24) is 4.90 Å². The molecule has 0 N–H and O–H groups in total. The lowest BCUT2D eigenvalue weighted by molar-refractivity contribution is 0.0928. The van der Waals surface area contributed by atoms with E-state index in [4.69, 9.17) is 0 Å². The van der Waals surface area contributed by atoms with Gasteiger partial charge in [0.1, 0.15) is 0 Å². The number of benzene rings is 1. The molecule has 0 radical (unpaired) electrons. The molecule has 0 aromatic heterocycles. The Morgan fingerprint density at radius 2 is 1.74 bits per heavy atom. The Balaban J connectivity index is 2.58. The predicted octanol–water partition coefficient (Wildman–Crippen LogP) is 4.08. The van der Waals surface area contributed by atoms with Crippen LogP contribution in [0.15, 0.2) is 24.3 Å².